The summed E-state index contributed by atoms with van der Waals surface area (Å²) in [5.41, 5.74) is 1.13. The molecule has 0 aliphatic heterocycles. The number of hydrogen-bond acceptors (Lipinski definition) is 5. The molecule has 0 saturated carbocycles. The van der Waals surface area contributed by atoms with Crippen molar-refractivity contribution in [1.29, 1.82) is 0 Å². The molecule has 0 fully saturated rings. The largest absolute Gasteiger partial charge is 0.394 e. The monoisotopic (exact) mass is 250 g/mol. The van der Waals surface area contributed by atoms with Crippen molar-refractivity contribution in [1.82, 2.24) is 4.98 Å². The van der Waals surface area contributed by atoms with Crippen molar-refractivity contribution in [3.8, 4) is 10.4 Å². The average molecular weight is 250 g/mol. The first kappa shape index (κ1) is 12.0. The average Bonchev–Trinajstić information content (AvgIpc) is 2.86. The third-order valence-corrected chi connectivity index (χ3v) is 3.27. The van der Waals surface area contributed by atoms with Crippen LogP contribution in [0.15, 0.2) is 36.5 Å². The van der Waals surface area contributed by atoms with Crippen LogP contribution in [0.2, 0.25) is 0 Å². The van der Waals surface area contributed by atoms with Crippen LogP contribution < -0.4 is 5.32 Å². The van der Waals surface area contributed by atoms with Gasteiger partial charge in [0.25, 0.3) is 0 Å². The molecule has 17 heavy (non-hydrogen) atoms. The smallest absolute Gasteiger partial charge is 0.183 e. The van der Waals surface area contributed by atoms with Crippen LogP contribution in [-0.4, -0.2) is 34.5 Å². The SMILES string of the molecule is OC[C@@H](O)CNc1ncc(-c2ccccc2)s1. The van der Waals surface area contributed by atoms with Crippen LogP contribution in [0, 0.1) is 0 Å². The van der Waals surface area contributed by atoms with Crippen molar-refractivity contribution < 1.29 is 10.2 Å². The molecule has 5 heteroatoms. The van der Waals surface area contributed by atoms with Crippen molar-refractivity contribution in [3.05, 3.63) is 36.5 Å². The maximum Gasteiger partial charge on any atom is 0.183 e. The van der Waals surface area contributed by atoms with E-state index in [1.54, 1.807) is 6.20 Å². The Balaban J connectivity index is 2.01. The molecular weight excluding hydrogens is 236 g/mol. The first-order valence-electron chi connectivity index (χ1n) is 5.33. The molecule has 0 bridgehead atoms. The summed E-state index contributed by atoms with van der Waals surface area (Å²) < 4.78 is 0. The van der Waals surface area contributed by atoms with Crippen molar-refractivity contribution in [2.75, 3.05) is 18.5 Å². The zero-order valence-electron chi connectivity index (χ0n) is 9.21. The topological polar surface area (TPSA) is 65.4 Å². The third-order valence-electron chi connectivity index (χ3n) is 2.26. The summed E-state index contributed by atoms with van der Waals surface area (Å²) in [7, 11) is 0. The van der Waals surface area contributed by atoms with Crippen LogP contribution in [0.3, 0.4) is 0 Å². The Labute approximate surface area is 104 Å². The molecule has 1 aromatic carbocycles. The second-order valence-corrected chi connectivity index (χ2v) is 4.64. The van der Waals surface area contributed by atoms with Gasteiger partial charge in [-0.05, 0) is 5.56 Å². The molecule has 1 aromatic heterocycles. The van der Waals surface area contributed by atoms with E-state index in [0.29, 0.717) is 6.54 Å². The van der Waals surface area contributed by atoms with E-state index in [9.17, 15) is 5.11 Å². The lowest BCUT2D eigenvalue weighted by atomic mass is 10.2. The summed E-state index contributed by atoms with van der Waals surface area (Å²) in [6, 6.07) is 10.00. The van der Waals surface area contributed by atoms with Crippen LogP contribution >= 0.6 is 11.3 Å². The Morgan fingerprint density at radius 2 is 2.06 bits per heavy atom. The van der Waals surface area contributed by atoms with Crippen LogP contribution in [0.25, 0.3) is 10.4 Å². The quantitative estimate of drug-likeness (QED) is 0.753. The first-order chi connectivity index (χ1) is 8.29. The summed E-state index contributed by atoms with van der Waals surface area (Å²) in [6.07, 6.45) is 1.05. The normalized spacial score (nSPS) is 12.4. The first-order valence-corrected chi connectivity index (χ1v) is 6.15. The molecule has 3 N–H and O–H groups in total. The van der Waals surface area contributed by atoms with Gasteiger partial charge in [-0.15, -0.1) is 0 Å². The lowest BCUT2D eigenvalue weighted by Crippen LogP contribution is -2.22. The number of benzene rings is 1. The molecule has 2 rings (SSSR count). The second kappa shape index (κ2) is 5.77. The van der Waals surface area contributed by atoms with Gasteiger partial charge >= 0.3 is 0 Å². The lowest BCUT2D eigenvalue weighted by Gasteiger charge is -2.06. The van der Waals surface area contributed by atoms with Gasteiger partial charge in [-0.1, -0.05) is 41.7 Å². The highest BCUT2D eigenvalue weighted by atomic mass is 32.1. The minimum atomic E-state index is -0.751. The number of aliphatic hydroxyl groups excluding tert-OH is 2. The molecular formula is C12H14N2O2S. The van der Waals surface area contributed by atoms with Crippen LogP contribution in [0.4, 0.5) is 5.13 Å². The number of aromatic nitrogens is 1. The second-order valence-electron chi connectivity index (χ2n) is 3.61. The maximum absolute atomic E-state index is 9.21. The maximum atomic E-state index is 9.21. The number of nitrogens with one attached hydrogen (secondary N) is 1. The lowest BCUT2D eigenvalue weighted by molar-refractivity contribution is 0.105. The minimum Gasteiger partial charge on any atom is -0.394 e. The molecule has 1 heterocycles. The van der Waals surface area contributed by atoms with Gasteiger partial charge in [-0.3, -0.25) is 0 Å². The van der Waals surface area contributed by atoms with Gasteiger partial charge in [0.1, 0.15) is 0 Å². The van der Waals surface area contributed by atoms with E-state index < -0.39 is 6.10 Å². The fourth-order valence-corrected chi connectivity index (χ4v) is 2.19. The number of aliphatic hydroxyl groups is 2. The Morgan fingerprint density at radius 3 is 2.76 bits per heavy atom. The van der Waals surface area contributed by atoms with Crippen LogP contribution in [0.1, 0.15) is 0 Å². The molecule has 4 nitrogen and oxygen atoms in total. The van der Waals surface area contributed by atoms with Crippen LogP contribution in [-0.2, 0) is 0 Å². The van der Waals surface area contributed by atoms with Gasteiger partial charge in [0.15, 0.2) is 5.13 Å². The minimum absolute atomic E-state index is 0.246. The van der Waals surface area contributed by atoms with E-state index in [2.05, 4.69) is 10.3 Å². The zero-order chi connectivity index (χ0) is 12.1. The summed E-state index contributed by atoms with van der Waals surface area (Å²) >= 11 is 1.52. The van der Waals surface area contributed by atoms with E-state index >= 15 is 0 Å². The molecule has 0 aliphatic carbocycles. The number of rotatable bonds is 5. The van der Waals surface area contributed by atoms with E-state index in [1.807, 2.05) is 30.3 Å². The van der Waals surface area contributed by atoms with E-state index in [4.69, 9.17) is 5.11 Å². The van der Waals surface area contributed by atoms with Gasteiger partial charge in [-0.25, -0.2) is 4.98 Å². The standard InChI is InChI=1S/C12H14N2O2S/c15-8-10(16)6-13-12-14-7-11(17-12)9-4-2-1-3-5-9/h1-5,7,10,15-16H,6,8H2,(H,13,14)/t10-/m0/s1. The predicted octanol–water partition coefficient (Wildman–Crippen LogP) is 1.58. The van der Waals surface area contributed by atoms with Crippen molar-refractivity contribution in [3.63, 3.8) is 0 Å². The molecule has 0 unspecified atom stereocenters. The Morgan fingerprint density at radius 1 is 1.29 bits per heavy atom. The van der Waals surface area contributed by atoms with Gasteiger partial charge in [0.2, 0.25) is 0 Å². The number of anilines is 1. The Hall–Kier alpha value is -1.43. The van der Waals surface area contributed by atoms with Gasteiger partial charge in [0, 0.05) is 12.7 Å². The summed E-state index contributed by atoms with van der Waals surface area (Å²) in [4.78, 5) is 5.29. The molecule has 0 saturated heterocycles. The van der Waals surface area contributed by atoms with Crippen molar-refractivity contribution in [2.45, 2.75) is 6.10 Å². The van der Waals surface area contributed by atoms with E-state index in [-0.39, 0.29) is 6.61 Å². The zero-order valence-corrected chi connectivity index (χ0v) is 10.0. The molecule has 0 amide bonds. The molecule has 0 radical (unpaired) electrons. The van der Waals surface area contributed by atoms with Crippen molar-refractivity contribution >= 4 is 16.5 Å². The molecule has 90 valence electrons. The van der Waals surface area contributed by atoms with Gasteiger partial charge in [0.05, 0.1) is 17.6 Å². The Kier molecular flexibility index (Phi) is 4.08. The fourth-order valence-electron chi connectivity index (χ4n) is 1.36. The molecule has 0 aliphatic rings. The highest BCUT2D eigenvalue weighted by molar-refractivity contribution is 7.18. The van der Waals surface area contributed by atoms with Crippen LogP contribution in [0.5, 0.6) is 0 Å². The molecule has 1 atom stereocenters. The van der Waals surface area contributed by atoms with E-state index in [1.165, 1.54) is 11.3 Å². The number of hydrogen-bond donors (Lipinski definition) is 3. The molecule has 2 aromatic rings. The highest BCUT2D eigenvalue weighted by Gasteiger charge is 2.06. The summed E-state index contributed by atoms with van der Waals surface area (Å²) in [5.74, 6) is 0. The summed E-state index contributed by atoms with van der Waals surface area (Å²) in [5, 5.41) is 21.6. The highest BCUT2D eigenvalue weighted by Crippen LogP contribution is 2.28. The fraction of sp³-hybridized carbons (Fsp3) is 0.250. The van der Waals surface area contributed by atoms with Gasteiger partial charge < -0.3 is 15.5 Å². The number of nitrogens with zero attached hydrogens (tertiary/aromatic N) is 1. The van der Waals surface area contributed by atoms with Crippen molar-refractivity contribution in [2.24, 2.45) is 0 Å². The Bertz CT molecular complexity index is 459. The predicted molar refractivity (Wildman–Crippen MR) is 69.1 cm³/mol. The number of thiazole rings is 1. The molecule has 0 spiro atoms. The van der Waals surface area contributed by atoms with Gasteiger partial charge in [-0.2, -0.15) is 0 Å². The van der Waals surface area contributed by atoms with E-state index in [0.717, 1.165) is 15.6 Å². The third kappa shape index (κ3) is 3.26. The summed E-state index contributed by atoms with van der Waals surface area (Å²) in [6.45, 7) is 0.0577.